The maximum absolute atomic E-state index is 13.5. The quantitative estimate of drug-likeness (QED) is 0.731. The van der Waals surface area contributed by atoms with Gasteiger partial charge in [-0.25, -0.2) is 0 Å². The summed E-state index contributed by atoms with van der Waals surface area (Å²) < 4.78 is 6.36. The van der Waals surface area contributed by atoms with Crippen molar-refractivity contribution >= 4 is 11.8 Å². The van der Waals surface area contributed by atoms with Crippen molar-refractivity contribution < 1.29 is 14.3 Å². The van der Waals surface area contributed by atoms with E-state index in [1.807, 2.05) is 0 Å². The number of piperidine rings is 1. The molecule has 1 unspecified atom stereocenters. The maximum Gasteiger partial charge on any atom is 0.229 e. The average molecular weight is 401 g/mol. The van der Waals surface area contributed by atoms with Crippen molar-refractivity contribution in [2.45, 2.75) is 76.2 Å². The molecule has 1 atom stereocenters. The summed E-state index contributed by atoms with van der Waals surface area (Å²) in [5.74, 6) is 3.73. The molecule has 0 radical (unpaired) electrons. The van der Waals surface area contributed by atoms with E-state index in [0.29, 0.717) is 17.7 Å². The van der Waals surface area contributed by atoms with Gasteiger partial charge in [-0.3, -0.25) is 9.59 Å². The number of likely N-dealkylation sites (tertiary alicyclic amines) is 2. The second-order valence-corrected chi connectivity index (χ2v) is 11.6. The Morgan fingerprint density at radius 1 is 1.03 bits per heavy atom. The van der Waals surface area contributed by atoms with E-state index in [9.17, 15) is 9.59 Å². The molecule has 0 aromatic heterocycles. The zero-order valence-corrected chi connectivity index (χ0v) is 17.7. The van der Waals surface area contributed by atoms with Crippen LogP contribution in [0.15, 0.2) is 0 Å². The maximum atomic E-state index is 13.5. The summed E-state index contributed by atoms with van der Waals surface area (Å²) in [4.78, 5) is 29.8. The van der Waals surface area contributed by atoms with Gasteiger partial charge in [0.25, 0.3) is 0 Å². The van der Waals surface area contributed by atoms with Gasteiger partial charge in [0, 0.05) is 25.4 Å². The van der Waals surface area contributed by atoms with Crippen LogP contribution in [0.4, 0.5) is 0 Å². The second-order valence-electron chi connectivity index (χ2n) is 11.6. The molecule has 1 spiro atoms. The lowest BCUT2D eigenvalue weighted by atomic mass is 9.49. The molecule has 3 aliphatic heterocycles. The summed E-state index contributed by atoms with van der Waals surface area (Å²) >= 11 is 0. The monoisotopic (exact) mass is 400 g/mol. The standard InChI is InChI=1S/C24H36N2O3/c27-21-3-1-2-6-25(21)13-17-4-5-24(29-14-17)15-26(16-24)22(28)23-10-18-7-19(11-23)9-20(8-18)12-23/h17-20H,1-16H2. The van der Waals surface area contributed by atoms with Gasteiger partial charge in [-0.05, 0) is 82.0 Å². The Labute approximate surface area is 174 Å². The smallest absolute Gasteiger partial charge is 0.229 e. The predicted molar refractivity (Wildman–Crippen MR) is 109 cm³/mol. The van der Waals surface area contributed by atoms with Crippen LogP contribution in [-0.2, 0) is 14.3 Å². The normalized spacial score (nSPS) is 43.0. The van der Waals surface area contributed by atoms with Crippen molar-refractivity contribution in [2.24, 2.45) is 29.1 Å². The highest BCUT2D eigenvalue weighted by molar-refractivity contribution is 5.84. The summed E-state index contributed by atoms with van der Waals surface area (Å²) in [6.45, 7) is 4.16. The van der Waals surface area contributed by atoms with E-state index in [4.69, 9.17) is 4.74 Å². The van der Waals surface area contributed by atoms with Crippen molar-refractivity contribution in [1.82, 2.24) is 9.80 Å². The third-order valence-electron chi connectivity index (χ3n) is 9.27. The first kappa shape index (κ1) is 18.7. The van der Waals surface area contributed by atoms with Gasteiger partial charge in [0.05, 0.1) is 25.1 Å². The Kier molecular flexibility index (Phi) is 4.31. The molecule has 3 saturated heterocycles. The molecular formula is C24H36N2O3. The number of carbonyl (C=O) groups is 2. The first-order valence-corrected chi connectivity index (χ1v) is 12.2. The van der Waals surface area contributed by atoms with E-state index >= 15 is 0 Å². The summed E-state index contributed by atoms with van der Waals surface area (Å²) in [5, 5.41) is 0. The first-order chi connectivity index (χ1) is 14.0. The van der Waals surface area contributed by atoms with E-state index < -0.39 is 0 Å². The summed E-state index contributed by atoms with van der Waals surface area (Å²) in [7, 11) is 0. The molecule has 5 nitrogen and oxygen atoms in total. The van der Waals surface area contributed by atoms with Crippen molar-refractivity contribution in [3.8, 4) is 0 Å². The third kappa shape index (κ3) is 3.14. The zero-order chi connectivity index (χ0) is 19.6. The summed E-state index contributed by atoms with van der Waals surface area (Å²) in [5.41, 5.74) is -0.0947. The van der Waals surface area contributed by atoms with Crippen LogP contribution in [0.5, 0.6) is 0 Å². The third-order valence-corrected chi connectivity index (χ3v) is 9.27. The number of rotatable bonds is 3. The van der Waals surface area contributed by atoms with E-state index in [2.05, 4.69) is 9.80 Å². The molecule has 7 rings (SSSR count). The molecule has 0 aromatic rings. The molecule has 29 heavy (non-hydrogen) atoms. The number of hydrogen-bond donors (Lipinski definition) is 0. The van der Waals surface area contributed by atoms with Crippen LogP contribution in [0.25, 0.3) is 0 Å². The fourth-order valence-electron chi connectivity index (χ4n) is 8.18. The topological polar surface area (TPSA) is 49.9 Å². The predicted octanol–water partition coefficient (Wildman–Crippen LogP) is 3.22. The molecular weight excluding hydrogens is 364 g/mol. The first-order valence-electron chi connectivity index (χ1n) is 12.2. The summed E-state index contributed by atoms with van der Waals surface area (Å²) in [6, 6.07) is 0. The average Bonchev–Trinajstić information content (AvgIpc) is 2.67. The lowest BCUT2D eigenvalue weighted by Crippen LogP contribution is -2.69. The lowest BCUT2D eigenvalue weighted by molar-refractivity contribution is -0.203. The zero-order valence-electron chi connectivity index (χ0n) is 17.7. The van der Waals surface area contributed by atoms with Gasteiger partial charge in [-0.2, -0.15) is 0 Å². The molecule has 0 aromatic carbocycles. The minimum absolute atomic E-state index is 0.0117. The number of ether oxygens (including phenoxy) is 1. The van der Waals surface area contributed by atoms with Crippen LogP contribution in [-0.4, -0.2) is 60.0 Å². The van der Waals surface area contributed by atoms with E-state index in [-0.39, 0.29) is 11.0 Å². The Hall–Kier alpha value is -1.10. The second kappa shape index (κ2) is 6.70. The Balaban J connectivity index is 1.03. The van der Waals surface area contributed by atoms with Crippen molar-refractivity contribution in [3.63, 3.8) is 0 Å². The highest BCUT2D eigenvalue weighted by atomic mass is 16.5. The van der Waals surface area contributed by atoms with Gasteiger partial charge < -0.3 is 14.5 Å². The van der Waals surface area contributed by atoms with Crippen LogP contribution >= 0.6 is 0 Å². The lowest BCUT2D eigenvalue weighted by Gasteiger charge is -2.60. The van der Waals surface area contributed by atoms with Crippen LogP contribution < -0.4 is 0 Å². The molecule has 7 aliphatic rings. The Morgan fingerprint density at radius 2 is 1.72 bits per heavy atom. The molecule has 4 bridgehead atoms. The van der Waals surface area contributed by atoms with Gasteiger partial charge in [-0.15, -0.1) is 0 Å². The molecule has 3 heterocycles. The highest BCUT2D eigenvalue weighted by Gasteiger charge is 2.58. The molecule has 0 N–H and O–H groups in total. The molecule has 2 amide bonds. The molecule has 4 saturated carbocycles. The minimum Gasteiger partial charge on any atom is -0.371 e. The number of nitrogens with zero attached hydrogens (tertiary/aromatic N) is 2. The number of amides is 2. The van der Waals surface area contributed by atoms with Gasteiger partial charge in [0.2, 0.25) is 11.8 Å². The Morgan fingerprint density at radius 3 is 2.31 bits per heavy atom. The van der Waals surface area contributed by atoms with Crippen LogP contribution in [0.1, 0.15) is 70.6 Å². The van der Waals surface area contributed by atoms with E-state index in [1.54, 1.807) is 0 Å². The van der Waals surface area contributed by atoms with Crippen LogP contribution in [0, 0.1) is 29.1 Å². The fraction of sp³-hybridized carbons (Fsp3) is 0.917. The Bertz CT molecular complexity index is 653. The SMILES string of the molecule is O=C1CCCCN1CC1CCC2(CN(C(=O)C34CC5CC(CC(C5)C3)C4)C2)OC1. The molecule has 7 fully saturated rings. The van der Waals surface area contributed by atoms with E-state index in [1.165, 1.54) is 19.3 Å². The summed E-state index contributed by atoms with van der Waals surface area (Å²) in [6.07, 6.45) is 12.7. The van der Waals surface area contributed by atoms with Crippen molar-refractivity contribution in [1.29, 1.82) is 0 Å². The number of hydrogen-bond acceptors (Lipinski definition) is 3. The van der Waals surface area contributed by atoms with Gasteiger partial charge in [0.15, 0.2) is 0 Å². The highest BCUT2D eigenvalue weighted by Crippen LogP contribution is 2.61. The fourth-order valence-corrected chi connectivity index (χ4v) is 8.18. The van der Waals surface area contributed by atoms with Gasteiger partial charge in [-0.1, -0.05) is 0 Å². The van der Waals surface area contributed by atoms with E-state index in [0.717, 1.165) is 102 Å². The molecule has 4 aliphatic carbocycles. The largest absolute Gasteiger partial charge is 0.371 e. The van der Waals surface area contributed by atoms with Crippen molar-refractivity contribution in [3.05, 3.63) is 0 Å². The number of carbonyl (C=O) groups excluding carboxylic acids is 2. The van der Waals surface area contributed by atoms with Crippen LogP contribution in [0.2, 0.25) is 0 Å². The van der Waals surface area contributed by atoms with Gasteiger partial charge >= 0.3 is 0 Å². The van der Waals surface area contributed by atoms with Crippen molar-refractivity contribution in [2.75, 3.05) is 32.8 Å². The van der Waals surface area contributed by atoms with Crippen LogP contribution in [0.3, 0.4) is 0 Å². The van der Waals surface area contributed by atoms with Gasteiger partial charge in [0.1, 0.15) is 5.60 Å². The molecule has 5 heteroatoms. The molecule has 160 valence electrons. The minimum atomic E-state index is -0.0830.